The Bertz CT molecular complexity index is 1400. The molecule has 15 heteroatoms. The van der Waals surface area contributed by atoms with Gasteiger partial charge in [-0.2, -0.15) is 0 Å². The van der Waals surface area contributed by atoms with Gasteiger partial charge < -0.3 is 36.0 Å². The molecule has 1 saturated carbocycles. The number of nitrogens with one attached hydrogen (secondary N) is 5. The monoisotopic (exact) mass is 750 g/mol. The van der Waals surface area contributed by atoms with Crippen molar-refractivity contribution in [2.45, 2.75) is 134 Å². The number of rotatable bonds is 18. The first kappa shape index (κ1) is 42.3. The summed E-state index contributed by atoms with van der Waals surface area (Å²) in [6.45, 7) is 14.7. The van der Waals surface area contributed by atoms with Crippen molar-refractivity contribution >= 4 is 52.0 Å². The van der Waals surface area contributed by atoms with E-state index in [2.05, 4.69) is 33.2 Å². The molecule has 5 amide bonds. The Balaban J connectivity index is 1.77. The average molecular weight is 751 g/mol. The highest BCUT2D eigenvalue weighted by molar-refractivity contribution is 7.79. The van der Waals surface area contributed by atoms with Crippen LogP contribution in [0, 0.1) is 10.8 Å². The lowest BCUT2D eigenvalue weighted by atomic mass is 9.70. The second-order valence-electron chi connectivity index (χ2n) is 15.0. The minimum absolute atomic E-state index is 0.126. The van der Waals surface area contributed by atoms with Crippen LogP contribution >= 0.6 is 11.3 Å². The molecule has 1 aromatic rings. The van der Waals surface area contributed by atoms with E-state index < -0.39 is 58.2 Å². The van der Waals surface area contributed by atoms with Crippen molar-refractivity contribution in [2.24, 2.45) is 10.8 Å². The van der Waals surface area contributed by atoms with Crippen LogP contribution in [0.25, 0.3) is 0 Å². The molecule has 2 unspecified atom stereocenters. The van der Waals surface area contributed by atoms with Gasteiger partial charge in [0.1, 0.15) is 12.1 Å². The van der Waals surface area contributed by atoms with E-state index in [9.17, 15) is 32.7 Å². The molecule has 51 heavy (non-hydrogen) atoms. The zero-order chi connectivity index (χ0) is 37.8. The molecule has 13 nitrogen and oxygen atoms in total. The van der Waals surface area contributed by atoms with Crippen molar-refractivity contribution in [1.29, 1.82) is 0 Å². The van der Waals surface area contributed by atoms with E-state index in [1.54, 1.807) is 11.4 Å². The van der Waals surface area contributed by atoms with Crippen molar-refractivity contribution in [3.63, 3.8) is 0 Å². The smallest absolute Gasteiger partial charge is 0.315 e. The maximum absolute atomic E-state index is 14.5. The Hall–Kier alpha value is -3.14. The fraction of sp³-hybridized carbons (Fsp3) is 0.694. The number of Topliss-reactive ketones (excluding diaryl/α,β-unsaturated/α-hetero) is 1. The fourth-order valence-corrected chi connectivity index (χ4v) is 8.49. The van der Waals surface area contributed by atoms with Gasteiger partial charge in [-0.25, -0.2) is 9.00 Å². The molecule has 286 valence electrons. The summed E-state index contributed by atoms with van der Waals surface area (Å²) in [5.41, 5.74) is -0.909. The van der Waals surface area contributed by atoms with Gasteiger partial charge in [0.15, 0.2) is 11.1 Å². The van der Waals surface area contributed by atoms with Gasteiger partial charge in [0, 0.05) is 37.1 Å². The van der Waals surface area contributed by atoms with Crippen molar-refractivity contribution in [2.75, 3.05) is 19.6 Å². The second-order valence-corrected chi connectivity index (χ2v) is 17.0. The topological polar surface area (TPSA) is 186 Å². The summed E-state index contributed by atoms with van der Waals surface area (Å²) in [6.07, 6.45) is 8.49. The second kappa shape index (κ2) is 19.6. The first-order valence-electron chi connectivity index (χ1n) is 18.1. The van der Waals surface area contributed by atoms with Gasteiger partial charge in [0.25, 0.3) is 5.91 Å². The molecular weight excluding hydrogens is 693 g/mol. The zero-order valence-corrected chi connectivity index (χ0v) is 32.4. The van der Waals surface area contributed by atoms with E-state index >= 15 is 0 Å². The number of carbonyl (C=O) groups excluding carboxylic acids is 5. The van der Waals surface area contributed by atoms with Crippen LogP contribution in [-0.4, -0.2) is 87.0 Å². The highest BCUT2D eigenvalue weighted by atomic mass is 32.2. The molecule has 1 aliphatic heterocycles. The molecule has 2 heterocycles. The van der Waals surface area contributed by atoms with E-state index in [4.69, 9.17) is 0 Å². The minimum atomic E-state index is -2.09. The van der Waals surface area contributed by atoms with E-state index in [0.29, 0.717) is 50.2 Å². The number of amides is 5. The highest BCUT2D eigenvalue weighted by Gasteiger charge is 2.46. The standard InChI is InChI=1S/C36H58N6O7S2/c1-7-9-14-24(29(43)32(45)38-19-8-2)39-31(44)25-15-13-20-42(25)33(46)30(36(6)17-11-10-12-18-36)41-34(47)40-28(35(3,4)5)23-37-22-26-27(51(48)49)16-21-50-26/h8,16,21,24-25,28,30,37H,2,7,9-15,17-20,22-23H2,1,3-6H3,(H,38,45)(H,39,44)(H,48,49)(H2,40,41,47)/t24?,25-,28+,30+/m0/s1. The number of ketones is 1. The van der Waals surface area contributed by atoms with Crippen molar-refractivity contribution < 1.29 is 32.7 Å². The average Bonchev–Trinajstić information content (AvgIpc) is 3.77. The Kier molecular flexibility index (Phi) is 16.3. The normalized spacial score (nSPS) is 19.6. The molecular formula is C36H58N6O7S2. The number of hydrogen-bond donors (Lipinski definition) is 6. The lowest BCUT2D eigenvalue weighted by molar-refractivity contribution is -0.144. The molecule has 1 aromatic heterocycles. The molecule has 1 aliphatic carbocycles. The zero-order valence-electron chi connectivity index (χ0n) is 30.8. The van der Waals surface area contributed by atoms with Crippen LogP contribution in [0.4, 0.5) is 4.79 Å². The van der Waals surface area contributed by atoms with Crippen LogP contribution in [-0.2, 0) is 36.8 Å². The van der Waals surface area contributed by atoms with Crippen LogP contribution in [0.15, 0.2) is 29.0 Å². The van der Waals surface area contributed by atoms with Gasteiger partial charge in [-0.3, -0.25) is 19.2 Å². The number of hydrogen-bond acceptors (Lipinski definition) is 8. The Labute approximate surface area is 309 Å². The third-order valence-corrected chi connectivity index (χ3v) is 11.8. The SMILES string of the molecule is C=CCNC(=O)C(=O)C(CCCC)NC(=O)[C@@H]1CCCN1C(=O)[C@@H](NC(=O)N[C@H](CNCc1sccc1S(=O)O)C(C)(C)C)C1(C)CCCCC1. The van der Waals surface area contributed by atoms with Gasteiger partial charge >= 0.3 is 6.03 Å². The van der Waals surface area contributed by atoms with Crippen LogP contribution in [0.3, 0.4) is 0 Å². The molecule has 0 bridgehead atoms. The predicted octanol–water partition coefficient (Wildman–Crippen LogP) is 4.01. The van der Waals surface area contributed by atoms with Crippen LogP contribution in [0.1, 0.15) is 104 Å². The van der Waals surface area contributed by atoms with E-state index in [-0.39, 0.29) is 23.9 Å². The molecule has 0 radical (unpaired) electrons. The molecule has 6 N–H and O–H groups in total. The van der Waals surface area contributed by atoms with Gasteiger partial charge in [-0.1, -0.05) is 72.8 Å². The predicted molar refractivity (Wildman–Crippen MR) is 199 cm³/mol. The quantitative estimate of drug-likeness (QED) is 0.0739. The van der Waals surface area contributed by atoms with Crippen LogP contribution in [0.2, 0.25) is 0 Å². The molecule has 2 aliphatic rings. The summed E-state index contributed by atoms with van der Waals surface area (Å²) < 4.78 is 21.2. The summed E-state index contributed by atoms with van der Waals surface area (Å²) in [4.78, 5) is 70.1. The fourth-order valence-electron chi connectivity index (χ4n) is 6.85. The number of unbranched alkanes of at least 4 members (excludes halogenated alkanes) is 1. The molecule has 0 spiro atoms. The number of nitrogens with zero attached hydrogens (tertiary/aromatic N) is 1. The van der Waals surface area contributed by atoms with Gasteiger partial charge in [-0.05, 0) is 54.4 Å². The summed E-state index contributed by atoms with van der Waals surface area (Å²) in [6, 6.07) is -1.98. The Morgan fingerprint density at radius 3 is 2.45 bits per heavy atom. The lowest BCUT2D eigenvalue weighted by Crippen LogP contribution is -2.62. The van der Waals surface area contributed by atoms with Gasteiger partial charge in [-0.15, -0.1) is 17.9 Å². The maximum Gasteiger partial charge on any atom is 0.315 e. The highest BCUT2D eigenvalue weighted by Crippen LogP contribution is 2.40. The van der Waals surface area contributed by atoms with Crippen molar-refractivity contribution in [3.05, 3.63) is 29.0 Å². The van der Waals surface area contributed by atoms with Crippen LogP contribution in [0.5, 0.6) is 0 Å². The van der Waals surface area contributed by atoms with Crippen LogP contribution < -0.4 is 26.6 Å². The number of likely N-dealkylation sites (tertiary alicyclic amines) is 1. The Morgan fingerprint density at radius 2 is 1.82 bits per heavy atom. The molecule has 1 saturated heterocycles. The molecule has 0 aromatic carbocycles. The third-order valence-electron chi connectivity index (χ3n) is 10.0. The number of carbonyl (C=O) groups is 5. The Morgan fingerprint density at radius 1 is 1.12 bits per heavy atom. The first-order valence-corrected chi connectivity index (χ1v) is 20.1. The first-order chi connectivity index (χ1) is 24.1. The number of thiophene rings is 1. The van der Waals surface area contributed by atoms with E-state index in [0.717, 1.165) is 43.4 Å². The van der Waals surface area contributed by atoms with E-state index in [1.807, 2.05) is 34.6 Å². The molecule has 3 rings (SSSR count). The van der Waals surface area contributed by atoms with E-state index in [1.165, 1.54) is 22.3 Å². The summed E-state index contributed by atoms with van der Waals surface area (Å²) in [5, 5.41) is 16.4. The maximum atomic E-state index is 14.5. The third kappa shape index (κ3) is 11.9. The van der Waals surface area contributed by atoms with Gasteiger partial charge in [0.2, 0.25) is 17.6 Å². The summed E-state index contributed by atoms with van der Waals surface area (Å²) in [7, 11) is 0. The minimum Gasteiger partial charge on any atom is -0.346 e. The largest absolute Gasteiger partial charge is 0.346 e. The molecule has 5 atom stereocenters. The molecule has 2 fully saturated rings. The lowest BCUT2D eigenvalue weighted by Gasteiger charge is -2.42. The van der Waals surface area contributed by atoms with Gasteiger partial charge in [0.05, 0.1) is 10.9 Å². The van der Waals surface area contributed by atoms with Crippen molar-refractivity contribution in [3.8, 4) is 0 Å². The number of urea groups is 1. The summed E-state index contributed by atoms with van der Waals surface area (Å²) in [5.74, 6) is -2.35. The summed E-state index contributed by atoms with van der Waals surface area (Å²) >= 11 is -0.709. The van der Waals surface area contributed by atoms with Crippen molar-refractivity contribution in [1.82, 2.24) is 31.5 Å².